The third kappa shape index (κ3) is 5.03. The van der Waals surface area contributed by atoms with Crippen LogP contribution in [-0.2, 0) is 10.2 Å². The molecule has 0 radical (unpaired) electrons. The van der Waals surface area contributed by atoms with Crippen LogP contribution in [0.3, 0.4) is 0 Å². The molecule has 1 unspecified atom stereocenters. The highest BCUT2D eigenvalue weighted by molar-refractivity contribution is 8.01. The van der Waals surface area contributed by atoms with Crippen LogP contribution in [0.4, 0.5) is 5.69 Å². The van der Waals surface area contributed by atoms with Crippen molar-refractivity contribution in [3.05, 3.63) is 56.7 Å². The van der Waals surface area contributed by atoms with Crippen LogP contribution in [0.15, 0.2) is 37.3 Å². The maximum absolute atomic E-state index is 12.5. The molecule has 0 bridgehead atoms. The Morgan fingerprint density at radius 1 is 1.33 bits per heavy atom. The molecule has 158 valence electrons. The minimum atomic E-state index is -0.799. The summed E-state index contributed by atoms with van der Waals surface area (Å²) < 4.78 is 11.2. The van der Waals surface area contributed by atoms with Gasteiger partial charge in [-0.25, -0.2) is 9.78 Å². The molecule has 0 N–H and O–H groups in total. The molecule has 0 aliphatic rings. The van der Waals surface area contributed by atoms with Gasteiger partial charge in [-0.05, 0) is 26.0 Å². The second-order valence-corrected chi connectivity index (χ2v) is 9.70. The van der Waals surface area contributed by atoms with Gasteiger partial charge in [0, 0.05) is 22.6 Å². The van der Waals surface area contributed by atoms with Gasteiger partial charge in [0.2, 0.25) is 0 Å². The first-order chi connectivity index (χ1) is 14.0. The van der Waals surface area contributed by atoms with E-state index >= 15 is 0 Å². The molecule has 9 nitrogen and oxygen atoms in total. The van der Waals surface area contributed by atoms with Crippen molar-refractivity contribution in [2.24, 2.45) is 0 Å². The van der Waals surface area contributed by atoms with Crippen molar-refractivity contribution >= 4 is 34.8 Å². The Labute approximate surface area is 181 Å². The van der Waals surface area contributed by atoms with Crippen LogP contribution in [0.5, 0.6) is 0 Å². The number of hydrogen-bond donors (Lipinski definition) is 0. The van der Waals surface area contributed by atoms with Crippen LogP contribution in [0, 0.1) is 17.0 Å². The minimum Gasteiger partial charge on any atom is -0.449 e. The zero-order chi connectivity index (χ0) is 22.1. The highest BCUT2D eigenvalue weighted by atomic mass is 32.2. The third-order valence-corrected chi connectivity index (χ3v) is 6.05. The van der Waals surface area contributed by atoms with Gasteiger partial charge in [-0.3, -0.25) is 10.1 Å². The number of aryl methyl sites for hydroxylation is 1. The monoisotopic (exact) mass is 448 g/mol. The number of nitro groups is 1. The Hall–Kier alpha value is -2.79. The molecule has 1 atom stereocenters. The minimum absolute atomic E-state index is 0.0591. The zero-order valence-electron chi connectivity index (χ0n) is 17.0. The summed E-state index contributed by atoms with van der Waals surface area (Å²) in [5.74, 6) is -0.0633. The summed E-state index contributed by atoms with van der Waals surface area (Å²) in [6.45, 7) is 9.25. The Kier molecular flexibility index (Phi) is 6.22. The maximum Gasteiger partial charge on any atom is 0.339 e. The SMILES string of the molecule is Cc1csc(Sc2ccc(C(=O)OC(C)c3nc(C(C)(C)C)no3)cc2[N+](=O)[O-])n1. The van der Waals surface area contributed by atoms with E-state index in [4.69, 9.17) is 9.26 Å². The molecular formula is C19H20N4O5S2. The van der Waals surface area contributed by atoms with Gasteiger partial charge < -0.3 is 9.26 Å². The summed E-state index contributed by atoms with van der Waals surface area (Å²) >= 11 is 2.58. The number of nitro benzene ring substituents is 1. The van der Waals surface area contributed by atoms with Crippen LogP contribution in [-0.4, -0.2) is 26.0 Å². The van der Waals surface area contributed by atoms with Crippen LogP contribution >= 0.6 is 23.1 Å². The van der Waals surface area contributed by atoms with Gasteiger partial charge in [-0.2, -0.15) is 4.98 Å². The molecule has 0 saturated carbocycles. The lowest BCUT2D eigenvalue weighted by molar-refractivity contribution is -0.387. The average molecular weight is 449 g/mol. The number of benzene rings is 1. The van der Waals surface area contributed by atoms with E-state index in [9.17, 15) is 14.9 Å². The highest BCUT2D eigenvalue weighted by Gasteiger charge is 2.26. The van der Waals surface area contributed by atoms with Crippen molar-refractivity contribution in [3.8, 4) is 0 Å². The van der Waals surface area contributed by atoms with Crippen molar-refractivity contribution < 1.29 is 19.0 Å². The Balaban J connectivity index is 1.77. The molecule has 2 aromatic heterocycles. The molecule has 3 aromatic rings. The van der Waals surface area contributed by atoms with E-state index in [1.807, 2.05) is 33.1 Å². The standard InChI is InChI=1S/C19H20N4O5S2/c1-10-9-29-18(20-10)30-14-7-6-12(8-13(14)23(25)26)16(24)27-11(2)15-21-17(22-28-15)19(3,4)5/h6-9,11H,1-5H3. The maximum atomic E-state index is 12.5. The van der Waals surface area contributed by atoms with Crippen LogP contribution < -0.4 is 0 Å². The van der Waals surface area contributed by atoms with E-state index in [1.54, 1.807) is 6.92 Å². The lowest BCUT2D eigenvalue weighted by atomic mass is 9.96. The normalized spacial score (nSPS) is 12.6. The summed E-state index contributed by atoms with van der Waals surface area (Å²) in [7, 11) is 0. The third-order valence-electron chi connectivity index (χ3n) is 3.93. The molecule has 0 amide bonds. The number of aromatic nitrogens is 3. The van der Waals surface area contributed by atoms with Gasteiger partial charge in [-0.15, -0.1) is 11.3 Å². The van der Waals surface area contributed by atoms with E-state index < -0.39 is 17.0 Å². The first-order valence-corrected chi connectivity index (χ1v) is 10.7. The number of carbonyl (C=O) groups is 1. The smallest absolute Gasteiger partial charge is 0.339 e. The first kappa shape index (κ1) is 21.9. The molecule has 0 saturated heterocycles. The van der Waals surface area contributed by atoms with E-state index in [0.29, 0.717) is 15.1 Å². The number of esters is 1. The molecule has 0 aliphatic carbocycles. The van der Waals surface area contributed by atoms with Crippen LogP contribution in [0.1, 0.15) is 61.6 Å². The predicted molar refractivity (Wildman–Crippen MR) is 111 cm³/mol. The fourth-order valence-corrected chi connectivity index (χ4v) is 4.21. The molecule has 3 rings (SSSR count). The highest BCUT2D eigenvalue weighted by Crippen LogP contribution is 2.37. The first-order valence-electron chi connectivity index (χ1n) is 8.98. The number of rotatable bonds is 6. The van der Waals surface area contributed by atoms with Crippen LogP contribution in [0.2, 0.25) is 0 Å². The van der Waals surface area contributed by atoms with E-state index in [0.717, 1.165) is 5.69 Å². The second kappa shape index (κ2) is 8.52. The van der Waals surface area contributed by atoms with Crippen molar-refractivity contribution in [1.82, 2.24) is 15.1 Å². The van der Waals surface area contributed by atoms with Crippen molar-refractivity contribution in [2.75, 3.05) is 0 Å². The summed E-state index contributed by atoms with van der Waals surface area (Å²) in [5.41, 5.74) is 0.400. The van der Waals surface area contributed by atoms with Gasteiger partial charge in [0.25, 0.3) is 11.6 Å². The summed E-state index contributed by atoms with van der Waals surface area (Å²) in [4.78, 5) is 32.5. The van der Waals surface area contributed by atoms with Crippen molar-refractivity contribution in [2.45, 2.75) is 55.4 Å². The van der Waals surface area contributed by atoms with E-state index in [-0.39, 0.29) is 22.6 Å². The molecule has 0 aliphatic heterocycles. The molecule has 30 heavy (non-hydrogen) atoms. The lowest BCUT2D eigenvalue weighted by Gasteiger charge is -2.12. The molecule has 0 fully saturated rings. The summed E-state index contributed by atoms with van der Waals surface area (Å²) in [6, 6.07) is 4.21. The number of thiazole rings is 1. The topological polar surface area (TPSA) is 121 Å². The molecule has 11 heteroatoms. The molecule has 2 heterocycles. The quantitative estimate of drug-likeness (QED) is 0.287. The van der Waals surface area contributed by atoms with Gasteiger partial charge in [0.05, 0.1) is 15.4 Å². The summed E-state index contributed by atoms with van der Waals surface area (Å²) in [5, 5.41) is 17.3. The number of nitrogens with zero attached hydrogens (tertiary/aromatic N) is 4. The molecule has 1 aromatic carbocycles. The number of hydrogen-bond acceptors (Lipinski definition) is 10. The van der Waals surface area contributed by atoms with Gasteiger partial charge in [-0.1, -0.05) is 37.7 Å². The molecule has 0 spiro atoms. The number of carbonyl (C=O) groups excluding carboxylic acids is 1. The van der Waals surface area contributed by atoms with E-state index in [1.165, 1.54) is 41.3 Å². The van der Waals surface area contributed by atoms with E-state index in [2.05, 4.69) is 15.1 Å². The van der Waals surface area contributed by atoms with Gasteiger partial charge in [0.1, 0.15) is 0 Å². The largest absolute Gasteiger partial charge is 0.449 e. The zero-order valence-corrected chi connectivity index (χ0v) is 18.7. The van der Waals surface area contributed by atoms with Gasteiger partial charge in [0.15, 0.2) is 16.3 Å². The predicted octanol–water partition coefficient (Wildman–Crippen LogP) is 5.11. The van der Waals surface area contributed by atoms with Crippen molar-refractivity contribution in [3.63, 3.8) is 0 Å². The summed E-state index contributed by atoms with van der Waals surface area (Å²) in [6.07, 6.45) is -0.799. The lowest BCUT2D eigenvalue weighted by Crippen LogP contribution is -2.14. The van der Waals surface area contributed by atoms with Crippen molar-refractivity contribution in [1.29, 1.82) is 0 Å². The van der Waals surface area contributed by atoms with Gasteiger partial charge >= 0.3 is 5.97 Å². The fraction of sp³-hybridized carbons (Fsp3) is 0.368. The molecular weight excluding hydrogens is 428 g/mol. The second-order valence-electron chi connectivity index (χ2n) is 7.55. The fourth-order valence-electron chi connectivity index (χ4n) is 2.33. The number of ether oxygens (including phenoxy) is 1. The Morgan fingerprint density at radius 3 is 2.63 bits per heavy atom. The Bertz CT molecular complexity index is 1090. The van der Waals surface area contributed by atoms with Crippen LogP contribution in [0.25, 0.3) is 0 Å². The Morgan fingerprint density at radius 2 is 2.07 bits per heavy atom. The average Bonchev–Trinajstić information content (AvgIpc) is 3.31.